The Hall–Kier alpha value is -1.75. The molecule has 0 aromatic carbocycles. The molecule has 0 aromatic heterocycles. The maximum Gasteiger partial charge on any atom is 0.335 e. The number of carboxylic acid groups (broad SMARTS) is 1. The second-order valence-electron chi connectivity index (χ2n) is 19.4. The predicted octanol–water partition coefficient (Wildman–Crippen LogP) is 5.46. The summed E-state index contributed by atoms with van der Waals surface area (Å²) in [5, 5.41) is 54.1. The van der Waals surface area contributed by atoms with Gasteiger partial charge in [0.15, 0.2) is 17.2 Å². The summed E-state index contributed by atoms with van der Waals surface area (Å²) in [6, 6.07) is 0. The number of hydrogen-bond acceptors (Lipinski definition) is 12. The van der Waals surface area contributed by atoms with Crippen molar-refractivity contribution in [1.29, 1.82) is 0 Å². The van der Waals surface area contributed by atoms with Gasteiger partial charge in [-0.1, -0.05) is 52.0 Å². The van der Waals surface area contributed by atoms with E-state index in [1.807, 2.05) is 19.9 Å². The molecule has 5 N–H and O–H groups in total. The van der Waals surface area contributed by atoms with E-state index in [0.29, 0.717) is 62.4 Å². The van der Waals surface area contributed by atoms with Gasteiger partial charge in [0.25, 0.3) is 0 Å². The number of aliphatic hydroxyl groups excluding tert-OH is 3. The van der Waals surface area contributed by atoms with Crippen molar-refractivity contribution < 1.29 is 63.5 Å². The molecule has 328 valence electrons. The van der Waals surface area contributed by atoms with E-state index in [9.17, 15) is 30.3 Å². The molecule has 7 aliphatic rings. The summed E-state index contributed by atoms with van der Waals surface area (Å²) in [6.07, 6.45) is 8.36. The summed E-state index contributed by atoms with van der Waals surface area (Å²) in [6.45, 7) is 16.7. The van der Waals surface area contributed by atoms with E-state index in [1.165, 1.54) is 6.92 Å². The van der Waals surface area contributed by atoms with E-state index in [-0.39, 0.29) is 36.6 Å². The lowest BCUT2D eigenvalue weighted by Crippen LogP contribution is -2.60. The molecule has 0 saturated carbocycles. The normalized spacial score (nSPS) is 46.1. The van der Waals surface area contributed by atoms with Gasteiger partial charge in [-0.25, -0.2) is 4.79 Å². The van der Waals surface area contributed by atoms with E-state index in [4.69, 9.17) is 33.2 Å². The summed E-state index contributed by atoms with van der Waals surface area (Å²) in [7, 11) is 0. The number of hydrogen-bond donors (Lipinski definition) is 5. The highest BCUT2D eigenvalue weighted by molar-refractivity contribution is 5.76. The van der Waals surface area contributed by atoms with Crippen LogP contribution in [0, 0.1) is 23.7 Å². The number of carboxylic acids is 1. The second kappa shape index (κ2) is 17.2. The fraction of sp³-hybridized carbons (Fsp3) is 0.844. The minimum absolute atomic E-state index is 0.0385. The zero-order valence-electron chi connectivity index (χ0n) is 35.4. The van der Waals surface area contributed by atoms with Gasteiger partial charge in [-0.2, -0.15) is 0 Å². The van der Waals surface area contributed by atoms with Crippen LogP contribution in [0.2, 0.25) is 0 Å². The third-order valence-electron chi connectivity index (χ3n) is 14.5. The SMILES string of the molecule is C=C1[C@H]([C@@H](O)C[C@@H](C)[C@H]2O[C@]3(CC[C@@H]2C)OCCC[C@@H]3C)O[C@H]2CC[C@@]3(CC[C@H](/C=C\[C@H](C)[C@@H]4CC(C)=C[C@@]5(O[C@@H](C[C@@](C)(O)C(=O)O)CC[C@H]5O)O4)O3)O[C@@H]2[C@H]1O. The molecule has 6 fully saturated rings. The van der Waals surface area contributed by atoms with Crippen LogP contribution in [0.5, 0.6) is 0 Å². The van der Waals surface area contributed by atoms with Gasteiger partial charge in [0.1, 0.15) is 24.4 Å². The Morgan fingerprint density at radius 3 is 2.52 bits per heavy atom. The van der Waals surface area contributed by atoms with Gasteiger partial charge in [-0.05, 0) is 95.1 Å². The summed E-state index contributed by atoms with van der Waals surface area (Å²) in [5.74, 6) is -3.56. The molecule has 7 rings (SSSR count). The van der Waals surface area contributed by atoms with Gasteiger partial charge < -0.3 is 58.7 Å². The maximum atomic E-state index is 11.6. The lowest BCUT2D eigenvalue weighted by Gasteiger charge is -2.51. The molecule has 7 aliphatic heterocycles. The van der Waals surface area contributed by atoms with Gasteiger partial charge in [0.2, 0.25) is 5.79 Å². The van der Waals surface area contributed by atoms with E-state index in [0.717, 1.165) is 44.3 Å². The Bertz CT molecular complexity index is 1550. The third kappa shape index (κ3) is 8.93. The Kier molecular flexibility index (Phi) is 13.1. The molecule has 0 amide bonds. The molecule has 3 spiro atoms. The molecule has 18 atom stereocenters. The summed E-state index contributed by atoms with van der Waals surface area (Å²) in [4.78, 5) is 11.6. The van der Waals surface area contributed by atoms with Gasteiger partial charge in [0, 0.05) is 37.5 Å². The van der Waals surface area contributed by atoms with Gasteiger partial charge in [0.05, 0.1) is 43.2 Å². The molecular formula is C45H70O13. The molecule has 0 aliphatic carbocycles. The van der Waals surface area contributed by atoms with Crippen molar-refractivity contribution in [3.8, 4) is 0 Å². The maximum absolute atomic E-state index is 11.6. The van der Waals surface area contributed by atoms with E-state index in [2.05, 4.69) is 33.4 Å². The first-order valence-electron chi connectivity index (χ1n) is 22.1. The molecule has 6 saturated heterocycles. The Morgan fingerprint density at radius 1 is 1.02 bits per heavy atom. The molecular weight excluding hydrogens is 748 g/mol. The van der Waals surface area contributed by atoms with Crippen molar-refractivity contribution in [2.75, 3.05) is 6.61 Å². The van der Waals surface area contributed by atoms with Crippen molar-refractivity contribution >= 4 is 5.97 Å². The number of rotatable bonds is 10. The number of carbonyl (C=O) groups is 1. The Balaban J connectivity index is 0.922. The average Bonchev–Trinajstić information content (AvgIpc) is 3.57. The zero-order chi connectivity index (χ0) is 41.8. The summed E-state index contributed by atoms with van der Waals surface area (Å²) >= 11 is 0. The Morgan fingerprint density at radius 2 is 1.78 bits per heavy atom. The van der Waals surface area contributed by atoms with Gasteiger partial charge in [-0.15, -0.1) is 0 Å². The van der Waals surface area contributed by atoms with E-state index >= 15 is 0 Å². The summed E-state index contributed by atoms with van der Waals surface area (Å²) in [5.41, 5.74) is -0.554. The quantitative estimate of drug-likeness (QED) is 0.176. The topological polar surface area (TPSA) is 183 Å². The van der Waals surface area contributed by atoms with Crippen LogP contribution < -0.4 is 0 Å². The molecule has 0 bridgehead atoms. The van der Waals surface area contributed by atoms with Crippen molar-refractivity contribution in [3.63, 3.8) is 0 Å². The molecule has 58 heavy (non-hydrogen) atoms. The van der Waals surface area contributed by atoms with Crippen LogP contribution in [-0.4, -0.2) is 122 Å². The largest absolute Gasteiger partial charge is 0.479 e. The van der Waals surface area contributed by atoms with Crippen LogP contribution >= 0.6 is 0 Å². The smallest absolute Gasteiger partial charge is 0.335 e. The predicted molar refractivity (Wildman–Crippen MR) is 212 cm³/mol. The van der Waals surface area contributed by atoms with Crippen LogP contribution in [0.15, 0.2) is 36.0 Å². The lowest BCUT2D eigenvalue weighted by molar-refractivity contribution is -0.334. The highest BCUT2D eigenvalue weighted by Crippen LogP contribution is 2.48. The number of fused-ring (bicyclic) bond motifs is 1. The molecule has 0 aromatic rings. The second-order valence-corrected chi connectivity index (χ2v) is 19.4. The molecule has 0 radical (unpaired) electrons. The van der Waals surface area contributed by atoms with Crippen LogP contribution in [0.1, 0.15) is 125 Å². The fourth-order valence-corrected chi connectivity index (χ4v) is 10.9. The van der Waals surface area contributed by atoms with Crippen molar-refractivity contribution in [2.45, 2.75) is 209 Å². The first-order chi connectivity index (χ1) is 27.3. The molecule has 0 unspecified atom stereocenters. The minimum Gasteiger partial charge on any atom is -0.479 e. The average molecular weight is 819 g/mol. The Labute approximate surface area is 344 Å². The first-order valence-corrected chi connectivity index (χ1v) is 22.1. The van der Waals surface area contributed by atoms with Crippen molar-refractivity contribution in [1.82, 2.24) is 0 Å². The van der Waals surface area contributed by atoms with Crippen LogP contribution in [0.4, 0.5) is 0 Å². The highest BCUT2D eigenvalue weighted by atomic mass is 16.7. The van der Waals surface area contributed by atoms with E-state index < -0.39 is 71.7 Å². The van der Waals surface area contributed by atoms with Crippen LogP contribution in [0.25, 0.3) is 0 Å². The first kappa shape index (κ1) is 44.3. The van der Waals surface area contributed by atoms with E-state index in [1.54, 1.807) is 6.08 Å². The fourth-order valence-electron chi connectivity index (χ4n) is 10.9. The highest BCUT2D eigenvalue weighted by Gasteiger charge is 2.55. The molecule has 13 heteroatoms. The summed E-state index contributed by atoms with van der Waals surface area (Å²) < 4.78 is 45.5. The standard InChI is InChI=1S/C45H70O13/c1-25-21-35(56-45(23-25)36(47)13-12-32(55-45)24-42(7,51)41(49)50)26(2)10-11-31-15-17-43(54-31)18-16-34-40(57-43)37(48)30(6)39(53-34)33(46)22-28(4)38-27(3)14-19-44(58-38)29(5)9-8-20-52-44/h10-11,23,26-29,31-40,46-48,51H,6,8-9,12-22,24H2,1-5,7H3,(H,49,50)/b11-10-/t26-,27-,28+,29-,31-,32+,33-,34-,35-,36+,37-,38-,39+,40-,42+,43+,44-,45+/m0/s1. The van der Waals surface area contributed by atoms with Crippen molar-refractivity contribution in [3.05, 3.63) is 36.0 Å². The number of aliphatic carboxylic acids is 1. The van der Waals surface area contributed by atoms with Crippen LogP contribution in [-0.2, 0) is 38.0 Å². The lowest BCUT2D eigenvalue weighted by atomic mass is 9.78. The minimum atomic E-state index is -1.96. The molecule has 13 nitrogen and oxygen atoms in total. The van der Waals surface area contributed by atoms with Gasteiger partial charge >= 0.3 is 5.97 Å². The third-order valence-corrected chi connectivity index (χ3v) is 14.5. The molecule has 7 heterocycles. The van der Waals surface area contributed by atoms with Crippen molar-refractivity contribution in [2.24, 2.45) is 23.7 Å². The number of aliphatic hydroxyl groups is 4. The van der Waals surface area contributed by atoms with Gasteiger partial charge in [-0.3, -0.25) is 0 Å². The number of ether oxygens (including phenoxy) is 7. The zero-order valence-corrected chi connectivity index (χ0v) is 35.4. The monoisotopic (exact) mass is 818 g/mol. The van der Waals surface area contributed by atoms with Crippen LogP contribution in [0.3, 0.4) is 0 Å².